The summed E-state index contributed by atoms with van der Waals surface area (Å²) in [4.78, 5) is 0. The summed E-state index contributed by atoms with van der Waals surface area (Å²) in [5.74, 6) is 0. The normalized spacial score (nSPS) is 13.2. The SMILES string of the molecule is CCC[CH2][Sn]([CH2]CCC)([CH2]CCC)[O]P(=O)([O][Sn]([CH2]CCC)([CH2]CCC)[CH2]CCC)[O][Sn]([CH2]CCC)([CH2]CCC)[CH2]CCC. The zero-order valence-electron chi connectivity index (χ0n) is 31.7. The second kappa shape index (κ2) is 28.2. The van der Waals surface area contributed by atoms with Crippen LogP contribution in [0.15, 0.2) is 0 Å². The first-order chi connectivity index (χ1) is 21.2. The summed E-state index contributed by atoms with van der Waals surface area (Å²) in [5, 5.41) is 0. The zero-order valence-corrected chi connectivity index (χ0v) is 41.1. The van der Waals surface area contributed by atoms with Crippen molar-refractivity contribution in [2.75, 3.05) is 0 Å². The molecular weight excluding hydrogens is 883 g/mol. The van der Waals surface area contributed by atoms with Crippen LogP contribution < -0.4 is 0 Å². The molecule has 0 aliphatic rings. The van der Waals surface area contributed by atoms with Gasteiger partial charge in [-0.2, -0.15) is 0 Å². The fourth-order valence-corrected chi connectivity index (χ4v) is 67.8. The van der Waals surface area contributed by atoms with E-state index in [1.807, 2.05) is 0 Å². The Labute approximate surface area is 292 Å². The van der Waals surface area contributed by atoms with Gasteiger partial charge in [-0.25, -0.2) is 0 Å². The Bertz CT molecular complexity index is 553. The first-order valence-corrected chi connectivity index (χ1v) is 43.0. The van der Waals surface area contributed by atoms with Crippen LogP contribution in [0.2, 0.25) is 39.9 Å². The van der Waals surface area contributed by atoms with Crippen LogP contribution in [-0.2, 0) is 13.1 Å². The van der Waals surface area contributed by atoms with E-state index in [9.17, 15) is 0 Å². The Morgan fingerprint density at radius 1 is 0.318 bits per heavy atom. The van der Waals surface area contributed by atoms with Crippen molar-refractivity contribution in [2.45, 2.75) is 218 Å². The average molecular weight is 965 g/mol. The van der Waals surface area contributed by atoms with E-state index in [0.29, 0.717) is 0 Å². The Hall–Kier alpha value is 2.51. The summed E-state index contributed by atoms with van der Waals surface area (Å²) >= 11 is -9.95. The van der Waals surface area contributed by atoms with Crippen LogP contribution in [0.5, 0.6) is 0 Å². The fraction of sp³-hybridized carbons (Fsp3) is 1.00. The molecule has 44 heavy (non-hydrogen) atoms. The molecule has 0 saturated heterocycles. The molecule has 0 radical (unpaired) electrons. The molecule has 0 aromatic rings. The number of phosphoric acid groups is 1. The van der Waals surface area contributed by atoms with Crippen LogP contribution in [0, 0.1) is 0 Å². The van der Waals surface area contributed by atoms with Crippen LogP contribution in [0.3, 0.4) is 0 Å². The van der Waals surface area contributed by atoms with E-state index in [0.717, 1.165) is 0 Å². The van der Waals surface area contributed by atoms with Crippen LogP contribution >= 0.6 is 7.82 Å². The topological polar surface area (TPSA) is 44.8 Å². The van der Waals surface area contributed by atoms with E-state index in [1.54, 1.807) is 0 Å². The monoisotopic (exact) mass is 968 g/mol. The molecule has 8 heteroatoms. The molecule has 0 spiro atoms. The standard InChI is InChI=1S/9C4H9.H3O4P.3Sn/c9*1-3-4-2;1-5(2,3)4;;;/h9*1,3-4H2,2H3;(H3,1,2,3,4);;;/q;;;;;;;;;;3*+1/p-3. The molecule has 0 aliphatic carbocycles. The fourth-order valence-electron chi connectivity index (χ4n) is 6.79. The molecule has 0 N–H and O–H groups in total. The van der Waals surface area contributed by atoms with Gasteiger partial charge < -0.3 is 0 Å². The third-order valence-corrected chi connectivity index (χ3v) is 59.8. The predicted octanol–water partition coefficient (Wildman–Crippen LogP) is 15.2. The van der Waals surface area contributed by atoms with Gasteiger partial charge in [0.25, 0.3) is 0 Å². The second-order valence-electron chi connectivity index (χ2n) is 14.2. The van der Waals surface area contributed by atoms with Gasteiger partial charge in [-0.3, -0.25) is 0 Å². The van der Waals surface area contributed by atoms with E-state index in [1.165, 1.54) is 156 Å². The van der Waals surface area contributed by atoms with Crippen molar-refractivity contribution < 1.29 is 13.1 Å². The number of hydrogen-bond donors (Lipinski definition) is 0. The van der Waals surface area contributed by atoms with Crippen molar-refractivity contribution >= 4 is 64.2 Å². The average Bonchev–Trinajstić information content (AvgIpc) is 3.02. The van der Waals surface area contributed by atoms with Crippen molar-refractivity contribution in [1.29, 1.82) is 0 Å². The maximum atomic E-state index is 16.0. The van der Waals surface area contributed by atoms with Crippen molar-refractivity contribution in [1.82, 2.24) is 0 Å². The summed E-state index contributed by atoms with van der Waals surface area (Å²) < 4.78 is 49.3. The van der Waals surface area contributed by atoms with Gasteiger partial charge in [0.05, 0.1) is 0 Å². The van der Waals surface area contributed by atoms with Crippen molar-refractivity contribution in [3.63, 3.8) is 0 Å². The summed E-state index contributed by atoms with van der Waals surface area (Å²) in [6.45, 7) is 20.8. The molecular formula is C36H81O4PSn3. The van der Waals surface area contributed by atoms with Crippen molar-refractivity contribution in [2.24, 2.45) is 0 Å². The zero-order chi connectivity index (χ0) is 33.2. The first-order valence-electron chi connectivity index (χ1n) is 19.9. The summed E-state index contributed by atoms with van der Waals surface area (Å²) in [5.41, 5.74) is 0. The molecule has 0 amide bonds. The molecule has 0 aromatic carbocycles. The van der Waals surface area contributed by atoms with E-state index in [4.69, 9.17) is 8.58 Å². The van der Waals surface area contributed by atoms with E-state index in [-0.39, 0.29) is 0 Å². The maximum absolute atomic E-state index is 16.0. The van der Waals surface area contributed by atoms with E-state index < -0.39 is 64.2 Å². The number of hydrogen-bond acceptors (Lipinski definition) is 4. The van der Waals surface area contributed by atoms with E-state index >= 15 is 4.57 Å². The Balaban J connectivity index is 7.27. The molecule has 0 saturated carbocycles. The molecule has 0 bridgehead atoms. The number of unbranched alkanes of at least 4 members (excludes halogenated alkanes) is 9. The van der Waals surface area contributed by atoms with Gasteiger partial charge in [0.15, 0.2) is 0 Å². The van der Waals surface area contributed by atoms with Crippen LogP contribution in [0.1, 0.15) is 178 Å². The van der Waals surface area contributed by atoms with Crippen LogP contribution in [0.25, 0.3) is 0 Å². The minimum atomic E-state index is -3.67. The number of rotatable bonds is 33. The van der Waals surface area contributed by atoms with Crippen molar-refractivity contribution in [3.05, 3.63) is 0 Å². The molecule has 0 aliphatic heterocycles. The van der Waals surface area contributed by atoms with E-state index in [2.05, 4.69) is 62.3 Å². The summed E-state index contributed by atoms with van der Waals surface area (Å²) in [6, 6.07) is 0. The Kier molecular flexibility index (Phi) is 29.8. The van der Waals surface area contributed by atoms with Gasteiger partial charge in [-0.15, -0.1) is 0 Å². The molecule has 0 unspecified atom stereocenters. The molecule has 0 atom stereocenters. The predicted molar refractivity (Wildman–Crippen MR) is 206 cm³/mol. The molecule has 0 heterocycles. The molecule has 0 fully saturated rings. The minimum absolute atomic E-state index is 1.19. The summed E-state index contributed by atoms with van der Waals surface area (Å²) in [7, 11) is -3.67. The quantitative estimate of drug-likeness (QED) is 0.0486. The molecule has 0 rings (SSSR count). The second-order valence-corrected chi connectivity index (χ2v) is 53.4. The third kappa shape index (κ3) is 19.6. The Morgan fingerprint density at radius 3 is 0.568 bits per heavy atom. The van der Waals surface area contributed by atoms with Gasteiger partial charge in [0, 0.05) is 0 Å². The third-order valence-electron chi connectivity index (χ3n) is 9.79. The van der Waals surface area contributed by atoms with Crippen LogP contribution in [-0.4, -0.2) is 56.4 Å². The van der Waals surface area contributed by atoms with Gasteiger partial charge in [-0.1, -0.05) is 0 Å². The van der Waals surface area contributed by atoms with Crippen molar-refractivity contribution in [3.8, 4) is 0 Å². The van der Waals surface area contributed by atoms with Gasteiger partial charge in [0.2, 0.25) is 0 Å². The van der Waals surface area contributed by atoms with Gasteiger partial charge >= 0.3 is 295 Å². The first kappa shape index (κ1) is 46.5. The van der Waals surface area contributed by atoms with Gasteiger partial charge in [0.1, 0.15) is 0 Å². The molecule has 4 nitrogen and oxygen atoms in total. The van der Waals surface area contributed by atoms with Crippen LogP contribution in [0.4, 0.5) is 0 Å². The molecule has 266 valence electrons. The Morgan fingerprint density at radius 2 is 0.455 bits per heavy atom. The van der Waals surface area contributed by atoms with Gasteiger partial charge in [-0.05, 0) is 0 Å². The molecule has 0 aromatic heterocycles. The summed E-state index contributed by atoms with van der Waals surface area (Å²) in [6.07, 6.45) is 21.5.